The van der Waals surface area contributed by atoms with Gasteiger partial charge in [-0.2, -0.15) is 0 Å². The van der Waals surface area contributed by atoms with Crippen molar-refractivity contribution in [1.82, 2.24) is 0 Å². The second kappa shape index (κ2) is 11.1. The molecule has 0 saturated carbocycles. The van der Waals surface area contributed by atoms with E-state index in [1.54, 1.807) is 54.6 Å². The number of rotatable bonds is 8. The number of carbonyl (C=O) groups excluding carboxylic acids is 3. The predicted molar refractivity (Wildman–Crippen MR) is 122 cm³/mol. The molecule has 0 aliphatic carbocycles. The lowest BCUT2D eigenvalue weighted by Crippen LogP contribution is -2.48. The van der Waals surface area contributed by atoms with Gasteiger partial charge in [-0.15, -0.1) is 11.6 Å². The molecule has 0 aliphatic heterocycles. The molecule has 6 nitrogen and oxygen atoms in total. The van der Waals surface area contributed by atoms with Gasteiger partial charge in [0.1, 0.15) is 17.7 Å². The van der Waals surface area contributed by atoms with Crippen molar-refractivity contribution < 1.29 is 23.9 Å². The number of hydrogen-bond donors (Lipinski definition) is 0. The molecule has 3 aromatic carbocycles. The quantitative estimate of drug-likeness (QED) is 0.290. The van der Waals surface area contributed by atoms with E-state index in [2.05, 4.69) is 0 Å². The zero-order valence-corrected chi connectivity index (χ0v) is 18.2. The van der Waals surface area contributed by atoms with Crippen molar-refractivity contribution in [3.05, 3.63) is 96.1 Å². The standard InChI is InChI=1S/C25H22ClNO5/c1-31-21-14-12-20(13-15-21)27(23(28)17-26)22(16-18-8-4-2-5-9-18)25(30)32-24(29)19-10-6-3-7-11-19/h2-15,22H,16-17H2,1H3. The minimum absolute atomic E-state index is 0.135. The van der Waals surface area contributed by atoms with Crippen LogP contribution in [0.1, 0.15) is 15.9 Å². The SMILES string of the molecule is COc1ccc(N(C(=O)CCl)C(Cc2ccccc2)C(=O)OC(=O)c2ccccc2)cc1. The number of benzene rings is 3. The third kappa shape index (κ3) is 5.74. The van der Waals surface area contributed by atoms with Crippen LogP contribution in [0.25, 0.3) is 0 Å². The highest BCUT2D eigenvalue weighted by Crippen LogP contribution is 2.24. The fourth-order valence-corrected chi connectivity index (χ4v) is 3.34. The van der Waals surface area contributed by atoms with E-state index in [-0.39, 0.29) is 17.9 Å². The largest absolute Gasteiger partial charge is 0.497 e. The van der Waals surface area contributed by atoms with Crippen LogP contribution in [0.15, 0.2) is 84.9 Å². The minimum Gasteiger partial charge on any atom is -0.497 e. The molecular formula is C25H22ClNO5. The Morgan fingerprint density at radius 3 is 2.03 bits per heavy atom. The van der Waals surface area contributed by atoms with Crippen molar-refractivity contribution in [2.45, 2.75) is 12.5 Å². The Morgan fingerprint density at radius 2 is 1.47 bits per heavy atom. The summed E-state index contributed by atoms with van der Waals surface area (Å²) in [6.07, 6.45) is 0.135. The topological polar surface area (TPSA) is 72.9 Å². The second-order valence-electron chi connectivity index (χ2n) is 6.88. The lowest BCUT2D eigenvalue weighted by molar-refractivity contribution is -0.140. The molecule has 32 heavy (non-hydrogen) atoms. The average Bonchev–Trinajstić information content (AvgIpc) is 2.85. The first-order chi connectivity index (χ1) is 15.5. The van der Waals surface area contributed by atoms with Gasteiger partial charge in [-0.25, -0.2) is 9.59 Å². The zero-order valence-electron chi connectivity index (χ0n) is 17.4. The lowest BCUT2D eigenvalue weighted by Gasteiger charge is -2.30. The molecule has 0 aromatic heterocycles. The smallest absolute Gasteiger partial charge is 0.345 e. The van der Waals surface area contributed by atoms with Gasteiger partial charge in [0, 0.05) is 12.1 Å². The van der Waals surface area contributed by atoms with E-state index in [9.17, 15) is 14.4 Å². The molecule has 1 amide bonds. The maximum absolute atomic E-state index is 13.2. The fourth-order valence-electron chi connectivity index (χ4n) is 3.21. The Labute approximate surface area is 191 Å². The van der Waals surface area contributed by atoms with Crippen LogP contribution >= 0.6 is 11.6 Å². The second-order valence-corrected chi connectivity index (χ2v) is 7.14. The van der Waals surface area contributed by atoms with Crippen LogP contribution in [0.2, 0.25) is 0 Å². The highest BCUT2D eigenvalue weighted by molar-refractivity contribution is 6.29. The number of hydrogen-bond acceptors (Lipinski definition) is 5. The number of carbonyl (C=O) groups is 3. The van der Waals surface area contributed by atoms with Crippen molar-refractivity contribution in [3.8, 4) is 5.75 Å². The average molecular weight is 452 g/mol. The molecule has 3 rings (SSSR count). The third-order valence-corrected chi connectivity index (χ3v) is 5.02. The van der Waals surface area contributed by atoms with Gasteiger partial charge in [-0.1, -0.05) is 48.5 Å². The molecule has 7 heteroatoms. The highest BCUT2D eigenvalue weighted by Gasteiger charge is 2.34. The van der Waals surface area contributed by atoms with Crippen LogP contribution in [-0.4, -0.2) is 36.9 Å². The molecule has 0 heterocycles. The summed E-state index contributed by atoms with van der Waals surface area (Å²) in [5.41, 5.74) is 1.46. The molecule has 164 valence electrons. The van der Waals surface area contributed by atoms with Crippen molar-refractivity contribution >= 4 is 35.1 Å². The monoisotopic (exact) mass is 451 g/mol. The van der Waals surface area contributed by atoms with Gasteiger partial charge in [0.05, 0.1) is 12.7 Å². The molecule has 0 aliphatic rings. The minimum atomic E-state index is -1.11. The van der Waals surface area contributed by atoms with Crippen LogP contribution in [0.3, 0.4) is 0 Å². The van der Waals surface area contributed by atoms with Crippen molar-refractivity contribution in [2.24, 2.45) is 0 Å². The Hall–Kier alpha value is -3.64. The first kappa shape index (κ1) is 23.0. The predicted octanol–water partition coefficient (Wildman–Crippen LogP) is 4.26. The Balaban J connectivity index is 1.96. The molecular weight excluding hydrogens is 430 g/mol. The van der Waals surface area contributed by atoms with E-state index in [0.29, 0.717) is 11.4 Å². The van der Waals surface area contributed by atoms with Crippen LogP contribution in [0, 0.1) is 0 Å². The van der Waals surface area contributed by atoms with E-state index >= 15 is 0 Å². The first-order valence-corrected chi connectivity index (χ1v) is 10.4. The van der Waals surface area contributed by atoms with E-state index in [1.165, 1.54) is 12.0 Å². The number of halogens is 1. The molecule has 0 fully saturated rings. The summed E-state index contributed by atoms with van der Waals surface area (Å²) >= 11 is 5.87. The van der Waals surface area contributed by atoms with Crippen molar-refractivity contribution in [1.29, 1.82) is 0 Å². The summed E-state index contributed by atoms with van der Waals surface area (Å²) in [7, 11) is 1.53. The first-order valence-electron chi connectivity index (χ1n) is 9.90. The highest BCUT2D eigenvalue weighted by atomic mass is 35.5. The Morgan fingerprint density at radius 1 is 0.875 bits per heavy atom. The van der Waals surface area contributed by atoms with Gasteiger partial charge in [0.25, 0.3) is 0 Å². The summed E-state index contributed by atoms with van der Waals surface area (Å²) in [4.78, 5) is 39.8. The molecule has 0 bridgehead atoms. The van der Waals surface area contributed by atoms with E-state index < -0.39 is 23.9 Å². The van der Waals surface area contributed by atoms with Crippen molar-refractivity contribution in [2.75, 3.05) is 17.9 Å². The molecule has 0 spiro atoms. The molecule has 1 unspecified atom stereocenters. The number of alkyl halides is 1. The number of nitrogens with zero attached hydrogens (tertiary/aromatic N) is 1. The number of anilines is 1. The molecule has 0 N–H and O–H groups in total. The Kier molecular flexibility index (Phi) is 8.00. The van der Waals surface area contributed by atoms with Crippen LogP contribution in [0.5, 0.6) is 5.75 Å². The number of amides is 1. The number of methoxy groups -OCH3 is 1. The van der Waals surface area contributed by atoms with Gasteiger partial charge < -0.3 is 9.47 Å². The molecule has 0 radical (unpaired) electrons. The molecule has 1 atom stereocenters. The number of esters is 2. The summed E-state index contributed by atoms with van der Waals surface area (Å²) in [6.45, 7) is 0. The molecule has 0 saturated heterocycles. The van der Waals surface area contributed by atoms with Gasteiger partial charge in [0.2, 0.25) is 5.91 Å². The maximum atomic E-state index is 13.2. The summed E-state index contributed by atoms with van der Waals surface area (Å²) in [5, 5.41) is 0. The van der Waals surface area contributed by atoms with Crippen molar-refractivity contribution in [3.63, 3.8) is 0 Å². The van der Waals surface area contributed by atoms with Gasteiger partial charge >= 0.3 is 11.9 Å². The summed E-state index contributed by atoms with van der Waals surface area (Å²) in [6, 6.07) is 22.9. The van der Waals surface area contributed by atoms with E-state index in [0.717, 1.165) is 5.56 Å². The van der Waals surface area contributed by atoms with Gasteiger partial charge in [0.15, 0.2) is 0 Å². The summed E-state index contributed by atoms with van der Waals surface area (Å²) < 4.78 is 10.3. The fraction of sp³-hybridized carbons (Fsp3) is 0.160. The van der Waals surface area contributed by atoms with E-state index in [4.69, 9.17) is 21.1 Å². The summed E-state index contributed by atoms with van der Waals surface area (Å²) in [5.74, 6) is -1.90. The van der Waals surface area contributed by atoms with Gasteiger partial charge in [-0.05, 0) is 42.0 Å². The van der Waals surface area contributed by atoms with Crippen LogP contribution in [0.4, 0.5) is 5.69 Å². The third-order valence-electron chi connectivity index (χ3n) is 4.79. The van der Waals surface area contributed by atoms with Crippen LogP contribution < -0.4 is 9.64 Å². The number of ether oxygens (including phenoxy) is 2. The maximum Gasteiger partial charge on any atom is 0.345 e. The van der Waals surface area contributed by atoms with Crippen LogP contribution in [-0.2, 0) is 20.7 Å². The zero-order chi connectivity index (χ0) is 22.9. The Bertz CT molecular complexity index is 1050. The van der Waals surface area contributed by atoms with E-state index in [1.807, 2.05) is 30.3 Å². The normalized spacial score (nSPS) is 11.3. The van der Waals surface area contributed by atoms with Gasteiger partial charge in [-0.3, -0.25) is 9.69 Å². The lowest BCUT2D eigenvalue weighted by atomic mass is 10.0. The molecule has 3 aromatic rings.